The number of aryl methyl sites for hydroxylation is 1. The summed E-state index contributed by atoms with van der Waals surface area (Å²) in [6.45, 7) is 2.59. The molecule has 0 spiro atoms. The number of aromatic hydroxyl groups is 1. The molecule has 1 N–H and O–H groups in total. The van der Waals surface area contributed by atoms with E-state index in [1.165, 1.54) is 5.56 Å². The van der Waals surface area contributed by atoms with Gasteiger partial charge in [0.1, 0.15) is 5.75 Å². The first-order valence-electron chi connectivity index (χ1n) is 12.7. The van der Waals surface area contributed by atoms with Crippen molar-refractivity contribution in [2.24, 2.45) is 16.7 Å². The fourth-order valence-electron chi connectivity index (χ4n) is 7.57. The van der Waals surface area contributed by atoms with Crippen LogP contribution in [0.25, 0.3) is 0 Å². The van der Waals surface area contributed by atoms with E-state index in [0.717, 1.165) is 37.7 Å². The van der Waals surface area contributed by atoms with E-state index in [0.29, 0.717) is 6.42 Å². The first kappa shape index (κ1) is 29.3. The first-order valence-corrected chi connectivity index (χ1v) is 12.7. The van der Waals surface area contributed by atoms with E-state index in [9.17, 15) is 44.6 Å². The maximum atomic E-state index is 13.0. The Balaban J connectivity index is 1.40. The van der Waals surface area contributed by atoms with Gasteiger partial charge in [-0.15, -0.1) is 0 Å². The second-order valence-corrected chi connectivity index (χ2v) is 11.4. The summed E-state index contributed by atoms with van der Waals surface area (Å²) < 4.78 is 127. The minimum Gasteiger partial charge on any atom is -0.508 e. The van der Waals surface area contributed by atoms with Gasteiger partial charge in [-0.2, -0.15) is 39.5 Å². The van der Waals surface area contributed by atoms with Crippen LogP contribution in [0, 0.1) is 16.7 Å². The van der Waals surface area contributed by atoms with Crippen molar-refractivity contribution in [1.82, 2.24) is 0 Å². The Bertz CT molecular complexity index is 983. The fraction of sp³-hybridized carbons (Fsp3) is 0.769. The molecule has 0 radical (unpaired) electrons. The second kappa shape index (κ2) is 9.45. The summed E-state index contributed by atoms with van der Waals surface area (Å²) in [4.78, 5) is 0. The molecule has 1 aromatic rings. The molecular formula is C26H31F9O3. The number of ether oxygens (including phenoxy) is 2. The van der Waals surface area contributed by atoms with Gasteiger partial charge in [0.05, 0.1) is 12.7 Å². The zero-order valence-electron chi connectivity index (χ0n) is 21.0. The minimum atomic E-state index is -6.73. The molecule has 3 aliphatic rings. The maximum Gasteiger partial charge on any atom is 0.435 e. The van der Waals surface area contributed by atoms with Gasteiger partial charge < -0.3 is 14.6 Å². The van der Waals surface area contributed by atoms with Crippen molar-refractivity contribution in [2.75, 3.05) is 13.2 Å². The van der Waals surface area contributed by atoms with Gasteiger partial charge >= 0.3 is 24.1 Å². The molecule has 0 bridgehead atoms. The van der Waals surface area contributed by atoms with Crippen molar-refractivity contribution < 1.29 is 54.1 Å². The molecule has 4 rings (SSSR count). The van der Waals surface area contributed by atoms with Gasteiger partial charge in [0.25, 0.3) is 0 Å². The highest BCUT2D eigenvalue weighted by Crippen LogP contribution is 2.67. The Labute approximate surface area is 214 Å². The number of phenolic OH excluding ortho intramolecular Hbond substituents is 1. The average Bonchev–Trinajstić information content (AvgIpc) is 3.10. The van der Waals surface area contributed by atoms with Crippen LogP contribution in [0.3, 0.4) is 0 Å². The quantitative estimate of drug-likeness (QED) is 0.284. The van der Waals surface area contributed by atoms with E-state index in [1.807, 2.05) is 6.07 Å². The molecule has 5 atom stereocenters. The van der Waals surface area contributed by atoms with E-state index < -0.39 is 37.2 Å². The van der Waals surface area contributed by atoms with Crippen LogP contribution in [-0.2, 0) is 15.9 Å². The lowest BCUT2D eigenvalue weighted by molar-refractivity contribution is -0.457. The number of phenols is 1. The number of halogens is 9. The molecular weight excluding hydrogens is 531 g/mol. The highest BCUT2D eigenvalue weighted by molar-refractivity contribution is 5.41. The summed E-state index contributed by atoms with van der Waals surface area (Å²) >= 11 is 0. The molecule has 0 aromatic heterocycles. The van der Waals surface area contributed by atoms with Gasteiger partial charge in [-0.1, -0.05) is 19.9 Å². The highest BCUT2D eigenvalue weighted by atomic mass is 19.4. The molecule has 216 valence electrons. The van der Waals surface area contributed by atoms with Crippen molar-refractivity contribution in [3.63, 3.8) is 0 Å². The number of rotatable bonds is 6. The van der Waals surface area contributed by atoms with Crippen LogP contribution < -0.4 is 0 Å². The average molecular weight is 563 g/mol. The van der Waals surface area contributed by atoms with Crippen molar-refractivity contribution in [3.05, 3.63) is 29.3 Å². The number of hydrogen-bond acceptors (Lipinski definition) is 3. The highest BCUT2D eigenvalue weighted by Gasteiger charge is 2.85. The molecule has 0 unspecified atom stereocenters. The lowest BCUT2D eigenvalue weighted by atomic mass is 9.48. The summed E-state index contributed by atoms with van der Waals surface area (Å²) in [5.74, 6) is 0.770. The standard InChI is InChI=1S/C26H31F9O3/c1-21-10-8-15-14-16(36)4-5-17(15)18(21)9-11-22(2)19(21)6-7-20(22)37-12-3-13-38-23(24(27,28)29,25(30,31)32)26(33,34)35/h4-5,14,18-20,36H,3,6-13H2,1-2H3/t18-,19+,20+,21-,22+/m1/s1. The van der Waals surface area contributed by atoms with E-state index in [-0.39, 0.29) is 41.1 Å². The molecule has 2 fully saturated rings. The Morgan fingerprint density at radius 1 is 0.842 bits per heavy atom. The Morgan fingerprint density at radius 2 is 1.47 bits per heavy atom. The third-order valence-corrected chi connectivity index (χ3v) is 9.37. The zero-order chi connectivity index (χ0) is 28.4. The Hall–Kier alpha value is -1.69. The largest absolute Gasteiger partial charge is 0.508 e. The van der Waals surface area contributed by atoms with Gasteiger partial charge in [-0.3, -0.25) is 0 Å². The smallest absolute Gasteiger partial charge is 0.435 e. The fourth-order valence-corrected chi connectivity index (χ4v) is 7.57. The van der Waals surface area contributed by atoms with Gasteiger partial charge in [0, 0.05) is 6.61 Å². The van der Waals surface area contributed by atoms with Crippen LogP contribution in [0.5, 0.6) is 5.75 Å². The molecule has 2 saturated carbocycles. The summed E-state index contributed by atoms with van der Waals surface area (Å²) in [5.41, 5.74) is -4.23. The van der Waals surface area contributed by atoms with Crippen LogP contribution >= 0.6 is 0 Å². The normalized spacial score (nSPS) is 32.0. The van der Waals surface area contributed by atoms with Crippen molar-refractivity contribution in [2.45, 2.75) is 94.9 Å². The Kier molecular flexibility index (Phi) is 7.29. The molecule has 0 amide bonds. The summed E-state index contributed by atoms with van der Waals surface area (Å²) in [6, 6.07) is 5.46. The molecule has 3 aliphatic carbocycles. The topological polar surface area (TPSA) is 38.7 Å². The van der Waals surface area contributed by atoms with Crippen molar-refractivity contribution >= 4 is 0 Å². The van der Waals surface area contributed by atoms with Crippen molar-refractivity contribution in [3.8, 4) is 5.75 Å². The number of fused-ring (bicyclic) bond motifs is 5. The van der Waals surface area contributed by atoms with Gasteiger partial charge in [-0.25, -0.2) is 0 Å². The van der Waals surface area contributed by atoms with E-state index >= 15 is 0 Å². The zero-order valence-corrected chi connectivity index (χ0v) is 21.0. The van der Waals surface area contributed by atoms with Gasteiger partial charge in [0.2, 0.25) is 0 Å². The van der Waals surface area contributed by atoms with Crippen LogP contribution in [0.4, 0.5) is 39.5 Å². The van der Waals surface area contributed by atoms with Gasteiger partial charge in [-0.05, 0) is 90.9 Å². The van der Waals surface area contributed by atoms with E-state index in [4.69, 9.17) is 4.74 Å². The molecule has 38 heavy (non-hydrogen) atoms. The molecule has 0 aliphatic heterocycles. The van der Waals surface area contributed by atoms with E-state index in [1.54, 1.807) is 12.1 Å². The second-order valence-electron chi connectivity index (χ2n) is 11.4. The van der Waals surface area contributed by atoms with Crippen molar-refractivity contribution in [1.29, 1.82) is 0 Å². The van der Waals surface area contributed by atoms with E-state index in [2.05, 4.69) is 18.6 Å². The predicted molar refractivity (Wildman–Crippen MR) is 119 cm³/mol. The molecule has 3 nitrogen and oxygen atoms in total. The Morgan fingerprint density at radius 3 is 2.08 bits per heavy atom. The number of hydrogen-bond donors (Lipinski definition) is 1. The summed E-state index contributed by atoms with van der Waals surface area (Å²) in [7, 11) is 0. The van der Waals surface area contributed by atoms with Crippen LogP contribution in [-0.4, -0.2) is 48.6 Å². The maximum absolute atomic E-state index is 13.0. The first-order chi connectivity index (χ1) is 17.4. The third-order valence-electron chi connectivity index (χ3n) is 9.37. The van der Waals surface area contributed by atoms with Gasteiger partial charge in [0.15, 0.2) is 0 Å². The molecule has 0 saturated heterocycles. The summed E-state index contributed by atoms with van der Waals surface area (Å²) in [5, 5.41) is 9.87. The lowest BCUT2D eigenvalue weighted by Gasteiger charge is -2.57. The SMILES string of the molecule is C[C@]12CC[C@@H]3c4ccc(O)cc4CC[C@@]3(C)[C@@H]1CC[C@@H]2OCCCOC(C(F)(F)F)(C(F)(F)F)C(F)(F)F. The molecule has 1 aromatic carbocycles. The van der Waals surface area contributed by atoms with Crippen LogP contribution in [0.15, 0.2) is 18.2 Å². The number of benzene rings is 1. The third kappa shape index (κ3) is 4.47. The monoisotopic (exact) mass is 562 g/mol. The number of alkyl halides is 9. The lowest BCUT2D eigenvalue weighted by Crippen LogP contribution is -2.67. The minimum absolute atomic E-state index is 0.0517. The summed E-state index contributed by atoms with van der Waals surface area (Å²) in [6.07, 6.45) is -16.2. The molecule has 0 heterocycles. The predicted octanol–water partition coefficient (Wildman–Crippen LogP) is 7.86. The molecule has 12 heteroatoms. The van der Waals surface area contributed by atoms with Crippen LogP contribution in [0.1, 0.15) is 69.4 Å². The van der Waals surface area contributed by atoms with Crippen LogP contribution in [0.2, 0.25) is 0 Å².